The second-order valence-corrected chi connectivity index (χ2v) is 7.47. The fourth-order valence-corrected chi connectivity index (χ4v) is 3.07. The molecule has 1 heterocycles. The lowest BCUT2D eigenvalue weighted by molar-refractivity contribution is -0.152. The number of esters is 1. The largest absolute Gasteiger partial charge is 0.497 e. The van der Waals surface area contributed by atoms with Crippen molar-refractivity contribution in [2.24, 2.45) is 5.92 Å². The van der Waals surface area contributed by atoms with Gasteiger partial charge in [0.1, 0.15) is 11.8 Å². The highest BCUT2D eigenvalue weighted by Gasteiger charge is 2.28. The van der Waals surface area contributed by atoms with E-state index in [0.717, 1.165) is 0 Å². The van der Waals surface area contributed by atoms with Crippen LogP contribution in [0.1, 0.15) is 43.1 Å². The van der Waals surface area contributed by atoms with Crippen molar-refractivity contribution in [3.63, 3.8) is 0 Å². The standard InChI is InChI=1S/C23H25N3O5/c1-13(2)19(25-21(27)15-9-11-16(30-4)12-10-15)23(29)31-14(3)20-24-18-8-6-5-7-17(18)22(28)26-20/h5-14,19H,1-4H3,(H,25,27)(H,24,26,28)/t14-,19-/m0/s1. The highest BCUT2D eigenvalue weighted by molar-refractivity contribution is 5.97. The normalized spacial score (nSPS) is 12.9. The van der Waals surface area contributed by atoms with Crippen LogP contribution in [0.25, 0.3) is 10.9 Å². The van der Waals surface area contributed by atoms with E-state index < -0.39 is 24.0 Å². The number of methoxy groups -OCH3 is 1. The molecule has 0 bridgehead atoms. The maximum Gasteiger partial charge on any atom is 0.329 e. The van der Waals surface area contributed by atoms with E-state index >= 15 is 0 Å². The molecule has 2 N–H and O–H groups in total. The summed E-state index contributed by atoms with van der Waals surface area (Å²) < 4.78 is 10.6. The van der Waals surface area contributed by atoms with Gasteiger partial charge in [0, 0.05) is 5.56 Å². The molecule has 0 aliphatic carbocycles. The van der Waals surface area contributed by atoms with Crippen molar-refractivity contribution in [1.82, 2.24) is 15.3 Å². The first-order valence-electron chi connectivity index (χ1n) is 9.94. The number of carbonyl (C=O) groups is 2. The SMILES string of the molecule is COc1ccc(C(=O)N[C@H](C(=O)O[C@@H](C)c2nc3ccccc3c(=O)[nH]2)C(C)C)cc1. The number of hydrogen-bond donors (Lipinski definition) is 2. The lowest BCUT2D eigenvalue weighted by atomic mass is 10.0. The zero-order valence-corrected chi connectivity index (χ0v) is 17.8. The molecule has 0 unspecified atom stereocenters. The second-order valence-electron chi connectivity index (χ2n) is 7.47. The molecule has 0 radical (unpaired) electrons. The molecule has 8 heteroatoms. The number of carbonyl (C=O) groups excluding carboxylic acids is 2. The predicted molar refractivity (Wildman–Crippen MR) is 116 cm³/mol. The van der Waals surface area contributed by atoms with Gasteiger partial charge in [-0.3, -0.25) is 9.59 Å². The van der Waals surface area contributed by atoms with E-state index in [1.807, 2.05) is 0 Å². The van der Waals surface area contributed by atoms with Crippen LogP contribution in [0.3, 0.4) is 0 Å². The van der Waals surface area contributed by atoms with E-state index in [1.54, 1.807) is 76.4 Å². The zero-order chi connectivity index (χ0) is 22.5. The van der Waals surface area contributed by atoms with Gasteiger partial charge in [0.25, 0.3) is 11.5 Å². The summed E-state index contributed by atoms with van der Waals surface area (Å²) in [7, 11) is 1.54. The summed E-state index contributed by atoms with van der Waals surface area (Å²) in [5, 5.41) is 3.18. The van der Waals surface area contributed by atoms with Crippen LogP contribution in [-0.4, -0.2) is 35.0 Å². The van der Waals surface area contributed by atoms with Crippen LogP contribution in [0.2, 0.25) is 0 Å². The molecule has 0 spiro atoms. The third-order valence-corrected chi connectivity index (χ3v) is 4.87. The number of nitrogens with one attached hydrogen (secondary N) is 2. The Kier molecular flexibility index (Phi) is 6.69. The Labute approximate surface area is 179 Å². The smallest absolute Gasteiger partial charge is 0.329 e. The Morgan fingerprint density at radius 2 is 1.71 bits per heavy atom. The van der Waals surface area contributed by atoms with Gasteiger partial charge in [-0.2, -0.15) is 0 Å². The fourth-order valence-electron chi connectivity index (χ4n) is 3.07. The van der Waals surface area contributed by atoms with Gasteiger partial charge in [-0.1, -0.05) is 26.0 Å². The lowest BCUT2D eigenvalue weighted by Crippen LogP contribution is -2.45. The average Bonchev–Trinajstić information content (AvgIpc) is 2.76. The van der Waals surface area contributed by atoms with Crippen LogP contribution >= 0.6 is 0 Å². The monoisotopic (exact) mass is 423 g/mol. The zero-order valence-electron chi connectivity index (χ0n) is 17.8. The molecule has 3 rings (SSSR count). The van der Waals surface area contributed by atoms with Gasteiger partial charge in [-0.25, -0.2) is 9.78 Å². The molecule has 0 saturated heterocycles. The number of nitrogens with zero attached hydrogens (tertiary/aromatic N) is 1. The van der Waals surface area contributed by atoms with Gasteiger partial charge in [-0.15, -0.1) is 0 Å². The Morgan fingerprint density at radius 1 is 1.03 bits per heavy atom. The Morgan fingerprint density at radius 3 is 2.35 bits per heavy atom. The van der Waals surface area contributed by atoms with Crippen LogP contribution in [0, 0.1) is 5.92 Å². The summed E-state index contributed by atoms with van der Waals surface area (Å²) in [5.74, 6) is -0.364. The number of aromatic amines is 1. The fraction of sp³-hybridized carbons (Fsp3) is 0.304. The molecule has 3 aromatic rings. The van der Waals surface area contributed by atoms with Crippen molar-refractivity contribution < 1.29 is 19.1 Å². The molecule has 31 heavy (non-hydrogen) atoms. The van der Waals surface area contributed by atoms with Crippen LogP contribution < -0.4 is 15.6 Å². The minimum absolute atomic E-state index is 0.217. The molecule has 2 aromatic carbocycles. The van der Waals surface area contributed by atoms with Crippen LogP contribution in [0.4, 0.5) is 0 Å². The first-order valence-corrected chi connectivity index (χ1v) is 9.94. The molecule has 0 saturated carbocycles. The Bertz CT molecular complexity index is 1140. The minimum atomic E-state index is -0.871. The molecule has 1 amide bonds. The number of rotatable bonds is 7. The van der Waals surface area contributed by atoms with Crippen molar-refractivity contribution in [2.75, 3.05) is 7.11 Å². The maximum atomic E-state index is 12.8. The number of H-pyrrole nitrogens is 1. The molecular formula is C23H25N3O5. The van der Waals surface area contributed by atoms with Crippen LogP contribution in [0.15, 0.2) is 53.3 Å². The van der Waals surface area contributed by atoms with Crippen molar-refractivity contribution in [1.29, 1.82) is 0 Å². The number of amides is 1. The number of benzene rings is 2. The van der Waals surface area contributed by atoms with Crippen molar-refractivity contribution in [2.45, 2.75) is 32.9 Å². The van der Waals surface area contributed by atoms with Gasteiger partial charge < -0.3 is 19.8 Å². The lowest BCUT2D eigenvalue weighted by Gasteiger charge is -2.23. The maximum absolute atomic E-state index is 12.8. The van der Waals surface area contributed by atoms with Crippen molar-refractivity contribution >= 4 is 22.8 Å². The first-order chi connectivity index (χ1) is 14.8. The van der Waals surface area contributed by atoms with Gasteiger partial charge in [-0.05, 0) is 49.2 Å². The van der Waals surface area contributed by atoms with E-state index in [9.17, 15) is 14.4 Å². The van der Waals surface area contributed by atoms with E-state index in [0.29, 0.717) is 22.2 Å². The van der Waals surface area contributed by atoms with Gasteiger partial charge in [0.15, 0.2) is 11.9 Å². The van der Waals surface area contributed by atoms with Crippen molar-refractivity contribution in [3.8, 4) is 5.75 Å². The summed E-state index contributed by atoms with van der Waals surface area (Å²) in [6, 6.07) is 12.6. The Balaban J connectivity index is 1.74. The summed E-state index contributed by atoms with van der Waals surface area (Å²) >= 11 is 0. The topological polar surface area (TPSA) is 110 Å². The van der Waals surface area contributed by atoms with Gasteiger partial charge in [0.2, 0.25) is 0 Å². The van der Waals surface area contributed by atoms with E-state index in [1.165, 1.54) is 0 Å². The van der Waals surface area contributed by atoms with Gasteiger partial charge >= 0.3 is 5.97 Å². The number of aromatic nitrogens is 2. The predicted octanol–water partition coefficient (Wildman–Crippen LogP) is 2.99. The number of para-hydroxylation sites is 1. The van der Waals surface area contributed by atoms with Crippen molar-refractivity contribution in [3.05, 3.63) is 70.3 Å². The van der Waals surface area contributed by atoms with Gasteiger partial charge in [0.05, 0.1) is 18.0 Å². The molecular weight excluding hydrogens is 398 g/mol. The number of hydrogen-bond acceptors (Lipinski definition) is 6. The number of ether oxygens (including phenoxy) is 2. The molecule has 1 aromatic heterocycles. The Hall–Kier alpha value is -3.68. The quantitative estimate of drug-likeness (QED) is 0.565. The summed E-state index contributed by atoms with van der Waals surface area (Å²) in [4.78, 5) is 44.7. The second kappa shape index (κ2) is 9.42. The molecule has 162 valence electrons. The highest BCUT2D eigenvalue weighted by atomic mass is 16.5. The van der Waals surface area contributed by atoms with E-state index in [4.69, 9.17) is 9.47 Å². The molecule has 2 atom stereocenters. The van der Waals surface area contributed by atoms with Crippen LogP contribution in [-0.2, 0) is 9.53 Å². The van der Waals surface area contributed by atoms with Crippen LogP contribution in [0.5, 0.6) is 5.75 Å². The third kappa shape index (κ3) is 5.09. The van der Waals surface area contributed by atoms with E-state index in [2.05, 4.69) is 15.3 Å². The molecule has 0 aliphatic heterocycles. The molecule has 8 nitrogen and oxygen atoms in total. The molecule has 0 aliphatic rings. The minimum Gasteiger partial charge on any atom is -0.497 e. The summed E-state index contributed by atoms with van der Waals surface area (Å²) in [6.45, 7) is 5.23. The first kappa shape index (κ1) is 22.0. The summed E-state index contributed by atoms with van der Waals surface area (Å²) in [5.41, 5.74) is 0.599. The number of fused-ring (bicyclic) bond motifs is 1. The third-order valence-electron chi connectivity index (χ3n) is 4.87. The highest BCUT2D eigenvalue weighted by Crippen LogP contribution is 2.17. The van der Waals surface area contributed by atoms with E-state index in [-0.39, 0.29) is 17.3 Å². The average molecular weight is 423 g/mol. The summed E-state index contributed by atoms with van der Waals surface area (Å²) in [6.07, 6.45) is -0.802. The molecule has 0 fully saturated rings.